The molecule has 0 radical (unpaired) electrons. The predicted molar refractivity (Wildman–Crippen MR) is 81.3 cm³/mol. The van der Waals surface area contributed by atoms with E-state index in [4.69, 9.17) is 23.2 Å². The first-order chi connectivity index (χ1) is 9.29. The minimum Gasteiger partial charge on any atom is -0.300 e. The first kappa shape index (κ1) is 13.7. The van der Waals surface area contributed by atoms with E-state index in [9.17, 15) is 0 Å². The van der Waals surface area contributed by atoms with Crippen molar-refractivity contribution in [2.45, 2.75) is 17.8 Å². The van der Waals surface area contributed by atoms with Gasteiger partial charge in [-0.15, -0.1) is 23.2 Å². The second-order valence-corrected chi connectivity index (χ2v) is 6.37. The summed E-state index contributed by atoms with van der Waals surface area (Å²) in [6, 6.07) is 9.10. The van der Waals surface area contributed by atoms with Gasteiger partial charge >= 0.3 is 0 Å². The molecule has 3 rings (SSSR count). The Hall–Kier alpha value is -0.280. The maximum Gasteiger partial charge on any atom is 0.0573 e. The first-order valence-electron chi connectivity index (χ1n) is 7.04. The number of alkyl halides is 2. The van der Waals surface area contributed by atoms with Crippen molar-refractivity contribution in [3.8, 4) is 0 Å². The van der Waals surface area contributed by atoms with Crippen LogP contribution in [0.1, 0.15) is 17.2 Å². The number of hydrogen-bond acceptors (Lipinski definition) is 2. The largest absolute Gasteiger partial charge is 0.300 e. The highest BCUT2D eigenvalue weighted by Crippen LogP contribution is 2.39. The average molecular weight is 299 g/mol. The van der Waals surface area contributed by atoms with Crippen molar-refractivity contribution < 1.29 is 0 Å². The number of nitrogens with zero attached hydrogens (tertiary/aromatic N) is 2. The summed E-state index contributed by atoms with van der Waals surface area (Å²) in [6.07, 6.45) is 1.00. The van der Waals surface area contributed by atoms with E-state index >= 15 is 0 Å². The van der Waals surface area contributed by atoms with Crippen molar-refractivity contribution >= 4 is 23.2 Å². The summed E-state index contributed by atoms with van der Waals surface area (Å²) in [4.78, 5) is 4.99. The lowest BCUT2D eigenvalue weighted by Gasteiger charge is -2.39. The zero-order valence-electron chi connectivity index (χ0n) is 11.1. The van der Waals surface area contributed by atoms with Crippen LogP contribution in [0.4, 0.5) is 0 Å². The molecule has 1 fully saturated rings. The Morgan fingerprint density at radius 3 is 2.58 bits per heavy atom. The van der Waals surface area contributed by atoms with Gasteiger partial charge in [0.15, 0.2) is 0 Å². The molecule has 2 atom stereocenters. The highest BCUT2D eigenvalue weighted by molar-refractivity contribution is 6.21. The molecule has 1 aromatic rings. The molecule has 0 bridgehead atoms. The minimum absolute atomic E-state index is 0.219. The summed E-state index contributed by atoms with van der Waals surface area (Å²) in [7, 11) is 0. The second-order valence-electron chi connectivity index (χ2n) is 5.43. The van der Waals surface area contributed by atoms with E-state index < -0.39 is 0 Å². The standard InChI is InChI=1S/C15H20Cl2N2/c16-5-6-18-7-9-19(10-8-18)15-13-4-2-1-3-12(13)11-14(15)17/h1-4,14-15H,5-11H2. The molecular weight excluding hydrogens is 279 g/mol. The van der Waals surface area contributed by atoms with Crippen molar-refractivity contribution in [1.29, 1.82) is 0 Å². The molecule has 1 aromatic carbocycles. The molecule has 1 aliphatic heterocycles. The topological polar surface area (TPSA) is 6.48 Å². The zero-order valence-corrected chi connectivity index (χ0v) is 12.6. The van der Waals surface area contributed by atoms with Crippen LogP contribution in [0.3, 0.4) is 0 Å². The zero-order chi connectivity index (χ0) is 13.2. The Kier molecular flexibility index (Phi) is 4.33. The van der Waals surface area contributed by atoms with E-state index in [2.05, 4.69) is 34.1 Å². The van der Waals surface area contributed by atoms with E-state index in [1.807, 2.05) is 0 Å². The monoisotopic (exact) mass is 298 g/mol. The SMILES string of the molecule is ClCCN1CCN(C2c3ccccc3CC2Cl)CC1. The molecule has 2 unspecified atom stereocenters. The van der Waals surface area contributed by atoms with Gasteiger partial charge in [-0.3, -0.25) is 9.80 Å². The molecule has 2 aliphatic rings. The van der Waals surface area contributed by atoms with E-state index in [-0.39, 0.29) is 5.38 Å². The summed E-state index contributed by atoms with van der Waals surface area (Å²) in [6.45, 7) is 5.41. The molecule has 0 spiro atoms. The van der Waals surface area contributed by atoms with Gasteiger partial charge in [0.25, 0.3) is 0 Å². The van der Waals surface area contributed by atoms with Crippen LogP contribution in [0.25, 0.3) is 0 Å². The molecule has 1 aliphatic carbocycles. The number of rotatable bonds is 3. The maximum atomic E-state index is 6.60. The van der Waals surface area contributed by atoms with Crippen LogP contribution in [0.15, 0.2) is 24.3 Å². The van der Waals surface area contributed by atoms with E-state index in [0.29, 0.717) is 6.04 Å². The van der Waals surface area contributed by atoms with Gasteiger partial charge in [-0.25, -0.2) is 0 Å². The normalized spacial score (nSPS) is 28.5. The Morgan fingerprint density at radius 1 is 1.11 bits per heavy atom. The summed E-state index contributed by atoms with van der Waals surface area (Å²) in [5.74, 6) is 0.727. The lowest BCUT2D eigenvalue weighted by Crippen LogP contribution is -2.49. The predicted octanol–water partition coefficient (Wildman–Crippen LogP) is 2.75. The minimum atomic E-state index is 0.219. The van der Waals surface area contributed by atoms with Crippen molar-refractivity contribution in [2.75, 3.05) is 38.6 Å². The van der Waals surface area contributed by atoms with Gasteiger partial charge in [-0.1, -0.05) is 24.3 Å². The third-order valence-electron chi connectivity index (χ3n) is 4.33. The fourth-order valence-electron chi connectivity index (χ4n) is 3.34. The molecule has 1 heterocycles. The van der Waals surface area contributed by atoms with Crippen LogP contribution in [-0.2, 0) is 6.42 Å². The molecule has 0 aromatic heterocycles. The third-order valence-corrected chi connectivity index (χ3v) is 4.89. The van der Waals surface area contributed by atoms with Crippen LogP contribution in [0, 0.1) is 0 Å². The smallest absolute Gasteiger partial charge is 0.0573 e. The second kappa shape index (κ2) is 6.01. The maximum absolute atomic E-state index is 6.60. The Bertz CT molecular complexity index is 430. The highest BCUT2D eigenvalue weighted by Gasteiger charge is 2.36. The van der Waals surface area contributed by atoms with Gasteiger partial charge < -0.3 is 0 Å². The summed E-state index contributed by atoms with van der Waals surface area (Å²) in [5.41, 5.74) is 2.86. The molecule has 1 saturated heterocycles. The van der Waals surface area contributed by atoms with E-state index in [1.165, 1.54) is 11.1 Å². The van der Waals surface area contributed by atoms with Crippen molar-refractivity contribution in [3.63, 3.8) is 0 Å². The van der Waals surface area contributed by atoms with Crippen molar-refractivity contribution in [1.82, 2.24) is 9.80 Å². The molecule has 0 N–H and O–H groups in total. The van der Waals surface area contributed by atoms with Crippen molar-refractivity contribution in [2.24, 2.45) is 0 Å². The lowest BCUT2D eigenvalue weighted by atomic mass is 10.1. The molecule has 2 nitrogen and oxygen atoms in total. The Labute approximate surface area is 125 Å². The van der Waals surface area contributed by atoms with Crippen LogP contribution in [0.5, 0.6) is 0 Å². The lowest BCUT2D eigenvalue weighted by molar-refractivity contribution is 0.101. The number of benzene rings is 1. The first-order valence-corrected chi connectivity index (χ1v) is 8.01. The molecule has 4 heteroatoms. The fourth-order valence-corrected chi connectivity index (χ4v) is 4.04. The van der Waals surface area contributed by atoms with Gasteiger partial charge in [-0.2, -0.15) is 0 Å². The van der Waals surface area contributed by atoms with Gasteiger partial charge in [0, 0.05) is 38.6 Å². The van der Waals surface area contributed by atoms with E-state index in [1.54, 1.807) is 0 Å². The fraction of sp³-hybridized carbons (Fsp3) is 0.600. The van der Waals surface area contributed by atoms with Crippen LogP contribution in [0.2, 0.25) is 0 Å². The van der Waals surface area contributed by atoms with Crippen LogP contribution < -0.4 is 0 Å². The number of halogens is 2. The quantitative estimate of drug-likeness (QED) is 0.792. The van der Waals surface area contributed by atoms with Gasteiger partial charge in [-0.05, 0) is 17.5 Å². The van der Waals surface area contributed by atoms with E-state index in [0.717, 1.165) is 45.0 Å². The number of hydrogen-bond donors (Lipinski definition) is 0. The average Bonchev–Trinajstić information content (AvgIpc) is 2.76. The molecule has 0 saturated carbocycles. The molecular formula is C15H20Cl2N2. The highest BCUT2D eigenvalue weighted by atomic mass is 35.5. The van der Waals surface area contributed by atoms with Gasteiger partial charge in [0.2, 0.25) is 0 Å². The number of fused-ring (bicyclic) bond motifs is 1. The molecule has 19 heavy (non-hydrogen) atoms. The Balaban J connectivity index is 1.70. The van der Waals surface area contributed by atoms with Crippen LogP contribution >= 0.6 is 23.2 Å². The molecule has 0 amide bonds. The summed E-state index contributed by atoms with van der Waals surface area (Å²) < 4.78 is 0. The van der Waals surface area contributed by atoms with Crippen LogP contribution in [-0.4, -0.2) is 53.8 Å². The third kappa shape index (κ3) is 2.78. The van der Waals surface area contributed by atoms with Crippen molar-refractivity contribution in [3.05, 3.63) is 35.4 Å². The molecule has 104 valence electrons. The summed E-state index contributed by atoms with van der Waals surface area (Å²) in [5, 5.41) is 0.219. The number of piperazine rings is 1. The Morgan fingerprint density at radius 2 is 1.84 bits per heavy atom. The summed E-state index contributed by atoms with van der Waals surface area (Å²) >= 11 is 12.4. The van der Waals surface area contributed by atoms with Gasteiger partial charge in [0.1, 0.15) is 0 Å². The van der Waals surface area contributed by atoms with Gasteiger partial charge in [0.05, 0.1) is 11.4 Å².